The molecule has 0 aromatic heterocycles. The fourth-order valence-electron chi connectivity index (χ4n) is 3.42. The van der Waals surface area contributed by atoms with E-state index in [9.17, 15) is 9.59 Å². The highest BCUT2D eigenvalue weighted by Crippen LogP contribution is 2.22. The van der Waals surface area contributed by atoms with Gasteiger partial charge in [0.05, 0.1) is 5.75 Å². The smallest absolute Gasteiger partial charge is 0.232 e. The first-order valence-corrected chi connectivity index (χ1v) is 10.9. The van der Waals surface area contributed by atoms with Crippen LogP contribution in [-0.2, 0) is 16.0 Å². The Balaban J connectivity index is 1.36. The van der Waals surface area contributed by atoms with Crippen LogP contribution >= 0.6 is 11.8 Å². The van der Waals surface area contributed by atoms with Crippen LogP contribution in [0.15, 0.2) is 59.5 Å². The molecule has 1 heterocycles. The highest BCUT2D eigenvalue weighted by atomic mass is 32.2. The second-order valence-corrected chi connectivity index (χ2v) is 8.28. The first-order valence-electron chi connectivity index (χ1n) is 9.91. The van der Waals surface area contributed by atoms with Crippen LogP contribution in [0.3, 0.4) is 0 Å². The van der Waals surface area contributed by atoms with Crippen LogP contribution < -0.4 is 5.32 Å². The summed E-state index contributed by atoms with van der Waals surface area (Å²) >= 11 is 1.60. The fraction of sp³-hybridized carbons (Fsp3) is 0.391. The van der Waals surface area contributed by atoms with E-state index < -0.39 is 0 Å². The molecule has 28 heavy (non-hydrogen) atoms. The first-order chi connectivity index (χ1) is 13.6. The van der Waals surface area contributed by atoms with Gasteiger partial charge in [0, 0.05) is 30.4 Å². The van der Waals surface area contributed by atoms with E-state index in [0.717, 1.165) is 37.2 Å². The van der Waals surface area contributed by atoms with Crippen molar-refractivity contribution in [1.82, 2.24) is 10.2 Å². The van der Waals surface area contributed by atoms with Crippen molar-refractivity contribution in [3.05, 3.63) is 65.7 Å². The lowest BCUT2D eigenvalue weighted by atomic mass is 10.0. The summed E-state index contributed by atoms with van der Waals surface area (Å²) in [5.74, 6) is 0.754. The number of benzene rings is 2. The van der Waals surface area contributed by atoms with E-state index in [2.05, 4.69) is 24.4 Å². The van der Waals surface area contributed by atoms with Crippen molar-refractivity contribution >= 4 is 23.6 Å². The molecule has 0 aliphatic carbocycles. The summed E-state index contributed by atoms with van der Waals surface area (Å²) in [6, 6.07) is 18.4. The lowest BCUT2D eigenvalue weighted by Crippen LogP contribution is -2.47. The second kappa shape index (κ2) is 10.3. The number of carbonyl (C=O) groups is 2. The molecule has 4 nitrogen and oxygen atoms in total. The summed E-state index contributed by atoms with van der Waals surface area (Å²) in [4.78, 5) is 27.8. The highest BCUT2D eigenvalue weighted by Gasteiger charge is 2.23. The number of aryl methyl sites for hydroxylation is 2. The molecule has 0 radical (unpaired) electrons. The zero-order valence-electron chi connectivity index (χ0n) is 16.4. The summed E-state index contributed by atoms with van der Waals surface area (Å²) in [6.45, 7) is 3.51. The van der Waals surface area contributed by atoms with Gasteiger partial charge in [0.25, 0.3) is 0 Å². The molecule has 1 aliphatic heterocycles. The van der Waals surface area contributed by atoms with Gasteiger partial charge in [0.2, 0.25) is 11.8 Å². The summed E-state index contributed by atoms with van der Waals surface area (Å²) in [7, 11) is 0. The summed E-state index contributed by atoms with van der Waals surface area (Å²) in [6.07, 6.45) is 2.94. The summed E-state index contributed by atoms with van der Waals surface area (Å²) < 4.78 is 0. The maximum Gasteiger partial charge on any atom is 0.232 e. The van der Waals surface area contributed by atoms with Crippen molar-refractivity contribution in [2.75, 3.05) is 18.8 Å². The standard InChI is InChI=1S/C23H28N2O2S/c1-18-7-5-6-10-21(18)28-17-23(27)25-15-13-20(14-16-25)24-22(26)12-11-19-8-3-2-4-9-19/h2-10,20H,11-17H2,1H3,(H,24,26). The Morgan fingerprint density at radius 2 is 1.71 bits per heavy atom. The maximum absolute atomic E-state index is 12.5. The minimum absolute atomic E-state index is 0.101. The number of nitrogens with one attached hydrogen (secondary N) is 1. The quantitative estimate of drug-likeness (QED) is 0.724. The minimum atomic E-state index is 0.101. The van der Waals surface area contributed by atoms with Crippen LogP contribution in [0, 0.1) is 6.92 Å². The monoisotopic (exact) mass is 396 g/mol. The maximum atomic E-state index is 12.5. The van der Waals surface area contributed by atoms with Gasteiger partial charge in [-0.05, 0) is 43.4 Å². The zero-order valence-corrected chi connectivity index (χ0v) is 17.2. The van der Waals surface area contributed by atoms with Crippen molar-refractivity contribution < 1.29 is 9.59 Å². The third kappa shape index (κ3) is 6.13. The van der Waals surface area contributed by atoms with Crippen LogP contribution in [0.1, 0.15) is 30.4 Å². The molecule has 148 valence electrons. The number of carbonyl (C=O) groups excluding carboxylic acids is 2. The average molecular weight is 397 g/mol. The van der Waals surface area contributed by atoms with Crippen LogP contribution in [0.2, 0.25) is 0 Å². The average Bonchev–Trinajstić information content (AvgIpc) is 2.73. The van der Waals surface area contributed by atoms with E-state index in [1.807, 2.05) is 47.4 Å². The van der Waals surface area contributed by atoms with Gasteiger partial charge in [-0.3, -0.25) is 9.59 Å². The van der Waals surface area contributed by atoms with Crippen LogP contribution in [0.5, 0.6) is 0 Å². The number of piperidine rings is 1. The van der Waals surface area contributed by atoms with Gasteiger partial charge in [-0.25, -0.2) is 0 Å². The fourth-order valence-corrected chi connectivity index (χ4v) is 4.36. The number of amides is 2. The van der Waals surface area contributed by atoms with E-state index in [1.54, 1.807) is 11.8 Å². The van der Waals surface area contributed by atoms with E-state index in [-0.39, 0.29) is 17.9 Å². The van der Waals surface area contributed by atoms with E-state index in [1.165, 1.54) is 11.1 Å². The molecule has 3 rings (SSSR count). The Hall–Kier alpha value is -2.27. The minimum Gasteiger partial charge on any atom is -0.353 e. The molecule has 0 spiro atoms. The van der Waals surface area contributed by atoms with Crippen LogP contribution in [0.25, 0.3) is 0 Å². The van der Waals surface area contributed by atoms with Crippen molar-refractivity contribution in [3.8, 4) is 0 Å². The first kappa shape index (κ1) is 20.5. The van der Waals surface area contributed by atoms with E-state index in [4.69, 9.17) is 0 Å². The van der Waals surface area contributed by atoms with Gasteiger partial charge in [-0.2, -0.15) is 0 Å². The van der Waals surface area contributed by atoms with Gasteiger partial charge in [-0.1, -0.05) is 48.5 Å². The molecule has 0 atom stereocenters. The molecule has 2 amide bonds. The number of rotatable bonds is 7. The molecule has 1 N–H and O–H groups in total. The zero-order chi connectivity index (χ0) is 19.8. The molecule has 0 bridgehead atoms. The lowest BCUT2D eigenvalue weighted by molar-refractivity contribution is -0.129. The lowest BCUT2D eigenvalue weighted by Gasteiger charge is -2.32. The van der Waals surface area contributed by atoms with Gasteiger partial charge in [0.1, 0.15) is 0 Å². The third-order valence-electron chi connectivity index (χ3n) is 5.14. The molecule has 0 unspecified atom stereocenters. The number of likely N-dealkylation sites (tertiary alicyclic amines) is 1. The molecule has 5 heteroatoms. The summed E-state index contributed by atoms with van der Waals surface area (Å²) in [5, 5.41) is 3.13. The molecule has 2 aromatic rings. The molecule has 2 aromatic carbocycles. The van der Waals surface area contributed by atoms with E-state index >= 15 is 0 Å². The molecule has 1 aliphatic rings. The Kier molecular flexibility index (Phi) is 7.54. The predicted molar refractivity (Wildman–Crippen MR) is 114 cm³/mol. The molecule has 0 saturated carbocycles. The molecular weight excluding hydrogens is 368 g/mol. The van der Waals surface area contributed by atoms with E-state index in [0.29, 0.717) is 12.2 Å². The van der Waals surface area contributed by atoms with Gasteiger partial charge < -0.3 is 10.2 Å². The molecule has 1 saturated heterocycles. The molecule has 1 fully saturated rings. The SMILES string of the molecule is Cc1ccccc1SCC(=O)N1CCC(NC(=O)CCc2ccccc2)CC1. The van der Waals surface area contributed by atoms with Crippen molar-refractivity contribution in [2.45, 2.75) is 43.5 Å². The highest BCUT2D eigenvalue weighted by molar-refractivity contribution is 8.00. The number of hydrogen-bond donors (Lipinski definition) is 1. The number of nitrogens with zero attached hydrogens (tertiary/aromatic N) is 1. The van der Waals surface area contributed by atoms with Gasteiger partial charge in [0.15, 0.2) is 0 Å². The second-order valence-electron chi connectivity index (χ2n) is 7.26. The largest absolute Gasteiger partial charge is 0.353 e. The Morgan fingerprint density at radius 1 is 1.04 bits per heavy atom. The van der Waals surface area contributed by atoms with Crippen molar-refractivity contribution in [1.29, 1.82) is 0 Å². The number of thioether (sulfide) groups is 1. The topological polar surface area (TPSA) is 49.4 Å². The van der Waals surface area contributed by atoms with Crippen LogP contribution in [0.4, 0.5) is 0 Å². The Bertz CT molecular complexity index is 786. The number of hydrogen-bond acceptors (Lipinski definition) is 3. The Labute approximate surface area is 171 Å². The van der Waals surface area contributed by atoms with Gasteiger partial charge in [-0.15, -0.1) is 11.8 Å². The third-order valence-corrected chi connectivity index (χ3v) is 6.30. The summed E-state index contributed by atoms with van der Waals surface area (Å²) in [5.41, 5.74) is 2.39. The predicted octanol–water partition coefficient (Wildman–Crippen LogP) is 3.83. The normalized spacial score (nSPS) is 14.7. The Morgan fingerprint density at radius 3 is 2.43 bits per heavy atom. The van der Waals surface area contributed by atoms with Gasteiger partial charge >= 0.3 is 0 Å². The molecular formula is C23H28N2O2S. The van der Waals surface area contributed by atoms with Crippen molar-refractivity contribution in [2.24, 2.45) is 0 Å². The van der Waals surface area contributed by atoms with Crippen LogP contribution in [-0.4, -0.2) is 41.6 Å². The van der Waals surface area contributed by atoms with Crippen molar-refractivity contribution in [3.63, 3.8) is 0 Å².